The maximum atomic E-state index is 12.0. The van der Waals surface area contributed by atoms with Crippen molar-refractivity contribution < 1.29 is 19.4 Å². The summed E-state index contributed by atoms with van der Waals surface area (Å²) in [6, 6.07) is 0. The molecule has 1 N–H and O–H groups in total. The summed E-state index contributed by atoms with van der Waals surface area (Å²) in [6.45, 7) is 6.84. The number of carbonyl (C=O) groups is 2. The normalized spacial score (nSPS) is 21.4. The van der Waals surface area contributed by atoms with Crippen molar-refractivity contribution in [2.45, 2.75) is 58.5 Å². The van der Waals surface area contributed by atoms with Crippen molar-refractivity contribution >= 4 is 12.1 Å². The van der Waals surface area contributed by atoms with Crippen LogP contribution in [0.4, 0.5) is 4.79 Å². The standard InChI is InChI=1S/C14H25NO4/c1-14(2,3)19-13(18)15-8-5-4-6-11(7-9-15)10-12(16)17/h11H,4-10H2,1-3H3,(H,16,17). The van der Waals surface area contributed by atoms with Crippen molar-refractivity contribution in [1.29, 1.82) is 0 Å². The molecule has 0 saturated carbocycles. The zero-order valence-electron chi connectivity index (χ0n) is 12.1. The maximum absolute atomic E-state index is 12.0. The predicted molar refractivity (Wildman–Crippen MR) is 72.0 cm³/mol. The van der Waals surface area contributed by atoms with Gasteiger partial charge in [0.2, 0.25) is 0 Å². The molecule has 0 bridgehead atoms. The van der Waals surface area contributed by atoms with Gasteiger partial charge in [0.05, 0.1) is 0 Å². The van der Waals surface area contributed by atoms with Crippen molar-refractivity contribution in [1.82, 2.24) is 4.90 Å². The second kappa shape index (κ2) is 6.78. The molecule has 0 aliphatic carbocycles. The first-order valence-corrected chi connectivity index (χ1v) is 6.97. The van der Waals surface area contributed by atoms with E-state index < -0.39 is 11.6 Å². The summed E-state index contributed by atoms with van der Waals surface area (Å²) in [5.74, 6) is -0.586. The van der Waals surface area contributed by atoms with Crippen molar-refractivity contribution in [2.75, 3.05) is 13.1 Å². The molecule has 5 nitrogen and oxygen atoms in total. The van der Waals surface area contributed by atoms with Crippen LogP contribution in [0.5, 0.6) is 0 Å². The van der Waals surface area contributed by atoms with Crippen molar-refractivity contribution in [3.8, 4) is 0 Å². The van der Waals surface area contributed by atoms with Gasteiger partial charge >= 0.3 is 12.1 Å². The first-order chi connectivity index (χ1) is 8.78. The summed E-state index contributed by atoms with van der Waals surface area (Å²) in [4.78, 5) is 24.5. The van der Waals surface area contributed by atoms with E-state index in [2.05, 4.69) is 0 Å². The predicted octanol–water partition coefficient (Wildman–Crippen LogP) is 2.89. The first kappa shape index (κ1) is 15.8. The lowest BCUT2D eigenvalue weighted by atomic mass is 9.93. The fourth-order valence-corrected chi connectivity index (χ4v) is 2.29. The minimum Gasteiger partial charge on any atom is -0.481 e. The molecule has 1 fully saturated rings. The SMILES string of the molecule is CC(C)(C)OC(=O)N1CCCCC(CC(=O)O)CC1. The summed E-state index contributed by atoms with van der Waals surface area (Å²) in [5, 5.41) is 8.85. The van der Waals surface area contributed by atoms with E-state index in [1.54, 1.807) is 4.90 Å². The van der Waals surface area contributed by atoms with Crippen LogP contribution in [0.15, 0.2) is 0 Å². The Balaban J connectivity index is 2.51. The van der Waals surface area contributed by atoms with E-state index in [0.717, 1.165) is 25.7 Å². The summed E-state index contributed by atoms with van der Waals surface area (Å²) >= 11 is 0. The van der Waals surface area contributed by atoms with E-state index in [4.69, 9.17) is 9.84 Å². The van der Waals surface area contributed by atoms with E-state index in [1.807, 2.05) is 20.8 Å². The number of hydrogen-bond donors (Lipinski definition) is 1. The highest BCUT2D eigenvalue weighted by Gasteiger charge is 2.24. The number of likely N-dealkylation sites (tertiary alicyclic amines) is 1. The van der Waals surface area contributed by atoms with Crippen molar-refractivity contribution in [3.05, 3.63) is 0 Å². The van der Waals surface area contributed by atoms with Gasteiger partial charge in [0.1, 0.15) is 5.60 Å². The van der Waals surface area contributed by atoms with Crippen LogP contribution in [0.25, 0.3) is 0 Å². The van der Waals surface area contributed by atoms with Crippen LogP contribution in [-0.2, 0) is 9.53 Å². The molecule has 110 valence electrons. The minimum absolute atomic E-state index is 0.169. The number of hydrogen-bond acceptors (Lipinski definition) is 3. The topological polar surface area (TPSA) is 66.8 Å². The second-order valence-electron chi connectivity index (χ2n) is 6.22. The average Bonchev–Trinajstić information content (AvgIpc) is 2.19. The summed E-state index contributed by atoms with van der Waals surface area (Å²) in [6.07, 6.45) is 3.47. The summed E-state index contributed by atoms with van der Waals surface area (Å²) < 4.78 is 5.36. The van der Waals surface area contributed by atoms with Crippen LogP contribution in [-0.4, -0.2) is 40.8 Å². The van der Waals surface area contributed by atoms with Gasteiger partial charge in [-0.1, -0.05) is 6.42 Å². The summed E-state index contributed by atoms with van der Waals surface area (Å²) in [5.41, 5.74) is -0.486. The maximum Gasteiger partial charge on any atom is 0.410 e. The number of amides is 1. The zero-order valence-corrected chi connectivity index (χ0v) is 12.1. The highest BCUT2D eigenvalue weighted by molar-refractivity contribution is 5.68. The van der Waals surface area contributed by atoms with E-state index in [1.165, 1.54) is 0 Å². The molecule has 0 aromatic carbocycles. The fourth-order valence-electron chi connectivity index (χ4n) is 2.29. The average molecular weight is 271 g/mol. The Morgan fingerprint density at radius 3 is 2.47 bits per heavy atom. The molecule has 1 aliphatic heterocycles. The zero-order chi connectivity index (χ0) is 14.5. The molecule has 5 heteroatoms. The third kappa shape index (κ3) is 6.45. The molecular formula is C14H25NO4. The quantitative estimate of drug-likeness (QED) is 0.838. The highest BCUT2D eigenvalue weighted by Crippen LogP contribution is 2.21. The Hall–Kier alpha value is -1.26. The van der Waals surface area contributed by atoms with Gasteiger partial charge in [0.25, 0.3) is 0 Å². The van der Waals surface area contributed by atoms with Gasteiger partial charge in [-0.15, -0.1) is 0 Å². The Morgan fingerprint density at radius 2 is 1.89 bits per heavy atom. The van der Waals surface area contributed by atoms with Gasteiger partial charge < -0.3 is 14.7 Å². The Morgan fingerprint density at radius 1 is 1.21 bits per heavy atom. The van der Waals surface area contributed by atoms with Gasteiger partial charge in [-0.2, -0.15) is 0 Å². The lowest BCUT2D eigenvalue weighted by Crippen LogP contribution is -2.39. The molecular weight excluding hydrogens is 246 g/mol. The molecule has 0 aromatic rings. The van der Waals surface area contributed by atoms with E-state index >= 15 is 0 Å². The Bertz CT molecular complexity index is 322. The molecule has 0 radical (unpaired) electrons. The molecule has 1 heterocycles. The van der Waals surface area contributed by atoms with Gasteiger partial charge in [-0.3, -0.25) is 4.79 Å². The first-order valence-electron chi connectivity index (χ1n) is 6.97. The number of carbonyl (C=O) groups excluding carboxylic acids is 1. The number of nitrogens with zero attached hydrogens (tertiary/aromatic N) is 1. The summed E-state index contributed by atoms with van der Waals surface area (Å²) in [7, 11) is 0. The number of carboxylic acids is 1. The number of carboxylic acid groups (broad SMARTS) is 1. The van der Waals surface area contributed by atoms with Crippen LogP contribution in [0.2, 0.25) is 0 Å². The minimum atomic E-state index is -0.755. The van der Waals surface area contributed by atoms with Crippen LogP contribution in [0, 0.1) is 5.92 Å². The van der Waals surface area contributed by atoms with Crippen LogP contribution in [0.3, 0.4) is 0 Å². The molecule has 1 rings (SSSR count). The number of rotatable bonds is 2. The largest absolute Gasteiger partial charge is 0.481 e. The molecule has 1 atom stereocenters. The lowest BCUT2D eigenvalue weighted by molar-refractivity contribution is -0.138. The van der Waals surface area contributed by atoms with Gasteiger partial charge in [0, 0.05) is 19.5 Å². The molecule has 1 aliphatic rings. The molecule has 1 unspecified atom stereocenters. The van der Waals surface area contributed by atoms with Crippen LogP contribution < -0.4 is 0 Å². The molecule has 0 spiro atoms. The molecule has 19 heavy (non-hydrogen) atoms. The van der Waals surface area contributed by atoms with E-state index in [9.17, 15) is 9.59 Å². The van der Waals surface area contributed by atoms with Crippen LogP contribution in [0.1, 0.15) is 52.9 Å². The Kier molecular flexibility index (Phi) is 5.63. The van der Waals surface area contributed by atoms with Gasteiger partial charge in [-0.25, -0.2) is 4.79 Å². The third-order valence-corrected chi connectivity index (χ3v) is 3.21. The monoisotopic (exact) mass is 271 g/mol. The number of aliphatic carboxylic acids is 1. The second-order valence-corrected chi connectivity index (χ2v) is 6.22. The van der Waals surface area contributed by atoms with E-state index in [-0.39, 0.29) is 18.4 Å². The molecule has 1 saturated heterocycles. The smallest absolute Gasteiger partial charge is 0.410 e. The van der Waals surface area contributed by atoms with Gasteiger partial charge in [-0.05, 0) is 46.0 Å². The molecule has 0 aromatic heterocycles. The molecule has 1 amide bonds. The third-order valence-electron chi connectivity index (χ3n) is 3.21. The van der Waals surface area contributed by atoms with Crippen LogP contribution >= 0.6 is 0 Å². The number of ether oxygens (including phenoxy) is 1. The van der Waals surface area contributed by atoms with Gasteiger partial charge in [0.15, 0.2) is 0 Å². The van der Waals surface area contributed by atoms with E-state index in [0.29, 0.717) is 13.1 Å². The van der Waals surface area contributed by atoms with Crippen molar-refractivity contribution in [3.63, 3.8) is 0 Å². The van der Waals surface area contributed by atoms with Crippen molar-refractivity contribution in [2.24, 2.45) is 5.92 Å². The Labute approximate surface area is 114 Å². The fraction of sp³-hybridized carbons (Fsp3) is 0.857. The highest BCUT2D eigenvalue weighted by atomic mass is 16.6. The lowest BCUT2D eigenvalue weighted by Gasteiger charge is -2.30.